The quantitative estimate of drug-likeness (QED) is 0.754. The Balaban J connectivity index is 2.24. The Morgan fingerprint density at radius 1 is 1.13 bits per heavy atom. The van der Waals surface area contributed by atoms with Gasteiger partial charge in [-0.1, -0.05) is 0 Å². The molecule has 0 saturated carbocycles. The number of hydrogen-bond acceptors (Lipinski definition) is 5. The van der Waals surface area contributed by atoms with E-state index in [-0.39, 0.29) is 23.9 Å². The number of esters is 1. The molecule has 1 fully saturated rings. The third-order valence-electron chi connectivity index (χ3n) is 3.90. The molecule has 0 bridgehead atoms. The lowest BCUT2D eigenvalue weighted by Gasteiger charge is -2.33. The van der Waals surface area contributed by atoms with Gasteiger partial charge in [0, 0.05) is 33.1 Å². The SMILES string of the molecule is COC(=O)c1ccc(S(=O)(=O)N2CCN(C(C)=O)CC2)c(C)c1. The number of benzene rings is 1. The van der Waals surface area contributed by atoms with Crippen molar-refractivity contribution >= 4 is 21.9 Å². The number of aryl methyl sites for hydroxylation is 1. The molecule has 1 heterocycles. The third-order valence-corrected chi connectivity index (χ3v) is 5.96. The minimum atomic E-state index is -3.65. The maximum Gasteiger partial charge on any atom is 0.337 e. The third kappa shape index (κ3) is 3.53. The van der Waals surface area contributed by atoms with Crippen LogP contribution in [-0.4, -0.2) is 62.8 Å². The Morgan fingerprint density at radius 3 is 2.22 bits per heavy atom. The van der Waals surface area contributed by atoms with E-state index >= 15 is 0 Å². The Morgan fingerprint density at radius 2 is 1.74 bits per heavy atom. The Labute approximate surface area is 135 Å². The molecular weight excluding hydrogens is 320 g/mol. The summed E-state index contributed by atoms with van der Waals surface area (Å²) in [6, 6.07) is 4.37. The molecule has 2 rings (SSSR count). The number of hydrogen-bond donors (Lipinski definition) is 0. The first kappa shape index (κ1) is 17.4. The van der Waals surface area contributed by atoms with Gasteiger partial charge in [-0.3, -0.25) is 4.79 Å². The zero-order valence-corrected chi connectivity index (χ0v) is 14.2. The molecule has 1 aliphatic rings. The normalized spacial score (nSPS) is 16.2. The molecule has 1 saturated heterocycles. The number of sulfonamides is 1. The second-order valence-corrected chi connectivity index (χ2v) is 7.29. The summed E-state index contributed by atoms with van der Waals surface area (Å²) in [7, 11) is -2.37. The number of nitrogens with zero attached hydrogens (tertiary/aromatic N) is 2. The molecule has 0 aliphatic carbocycles. The highest BCUT2D eigenvalue weighted by Crippen LogP contribution is 2.22. The van der Waals surface area contributed by atoms with Crippen molar-refractivity contribution in [3.8, 4) is 0 Å². The van der Waals surface area contributed by atoms with E-state index in [1.54, 1.807) is 11.8 Å². The van der Waals surface area contributed by atoms with Crippen LogP contribution in [0.2, 0.25) is 0 Å². The van der Waals surface area contributed by atoms with Gasteiger partial charge in [-0.15, -0.1) is 0 Å². The molecule has 0 atom stereocenters. The number of carbonyl (C=O) groups is 2. The van der Waals surface area contributed by atoms with Gasteiger partial charge in [0.15, 0.2) is 0 Å². The number of amides is 1. The summed E-state index contributed by atoms with van der Waals surface area (Å²) in [6.45, 7) is 4.41. The fourth-order valence-corrected chi connectivity index (χ4v) is 4.19. The molecule has 23 heavy (non-hydrogen) atoms. The second kappa shape index (κ2) is 6.67. The molecule has 1 aromatic rings. The van der Waals surface area contributed by atoms with Crippen LogP contribution in [0.15, 0.2) is 23.1 Å². The lowest BCUT2D eigenvalue weighted by atomic mass is 10.1. The van der Waals surface area contributed by atoms with Crippen LogP contribution in [0.1, 0.15) is 22.8 Å². The molecule has 7 nitrogen and oxygen atoms in total. The molecular formula is C15H20N2O5S. The van der Waals surface area contributed by atoms with Gasteiger partial charge in [0.25, 0.3) is 0 Å². The van der Waals surface area contributed by atoms with Crippen molar-refractivity contribution in [2.75, 3.05) is 33.3 Å². The topological polar surface area (TPSA) is 84.0 Å². The molecule has 1 amide bonds. The van der Waals surface area contributed by atoms with E-state index < -0.39 is 16.0 Å². The second-order valence-electron chi connectivity index (χ2n) is 5.38. The Hall–Kier alpha value is -1.93. The van der Waals surface area contributed by atoms with Gasteiger partial charge < -0.3 is 9.64 Å². The minimum Gasteiger partial charge on any atom is -0.465 e. The van der Waals surface area contributed by atoms with Gasteiger partial charge in [-0.25, -0.2) is 13.2 Å². The van der Waals surface area contributed by atoms with E-state index in [2.05, 4.69) is 4.74 Å². The van der Waals surface area contributed by atoms with Crippen molar-refractivity contribution in [1.82, 2.24) is 9.21 Å². The number of ether oxygens (including phenoxy) is 1. The lowest BCUT2D eigenvalue weighted by molar-refractivity contribution is -0.129. The molecule has 0 spiro atoms. The van der Waals surface area contributed by atoms with Crippen molar-refractivity contribution in [2.45, 2.75) is 18.7 Å². The van der Waals surface area contributed by atoms with Gasteiger partial charge in [0.05, 0.1) is 17.6 Å². The summed E-state index contributed by atoms with van der Waals surface area (Å²) in [6.07, 6.45) is 0. The van der Waals surface area contributed by atoms with Gasteiger partial charge >= 0.3 is 5.97 Å². The lowest BCUT2D eigenvalue weighted by Crippen LogP contribution is -2.50. The molecule has 0 radical (unpaired) electrons. The molecule has 0 unspecified atom stereocenters. The van der Waals surface area contributed by atoms with Crippen LogP contribution in [0.25, 0.3) is 0 Å². The van der Waals surface area contributed by atoms with Crippen molar-refractivity contribution in [1.29, 1.82) is 0 Å². The summed E-state index contributed by atoms with van der Waals surface area (Å²) >= 11 is 0. The van der Waals surface area contributed by atoms with Crippen LogP contribution in [0, 0.1) is 6.92 Å². The van der Waals surface area contributed by atoms with E-state index in [9.17, 15) is 18.0 Å². The molecule has 0 N–H and O–H groups in total. The minimum absolute atomic E-state index is 0.0549. The van der Waals surface area contributed by atoms with Crippen LogP contribution >= 0.6 is 0 Å². The molecule has 0 aromatic heterocycles. The van der Waals surface area contributed by atoms with Crippen LogP contribution in [0.4, 0.5) is 0 Å². The predicted octanol–water partition coefficient (Wildman–Crippen LogP) is 0.634. The van der Waals surface area contributed by atoms with Crippen molar-refractivity contribution < 1.29 is 22.7 Å². The summed E-state index contributed by atoms with van der Waals surface area (Å²) in [5.74, 6) is -0.562. The number of methoxy groups -OCH3 is 1. The largest absolute Gasteiger partial charge is 0.465 e. The summed E-state index contributed by atoms with van der Waals surface area (Å²) < 4.78 is 31.5. The zero-order valence-electron chi connectivity index (χ0n) is 13.4. The fourth-order valence-electron chi connectivity index (χ4n) is 2.57. The average molecular weight is 340 g/mol. The molecule has 1 aliphatic heterocycles. The fraction of sp³-hybridized carbons (Fsp3) is 0.467. The smallest absolute Gasteiger partial charge is 0.337 e. The van der Waals surface area contributed by atoms with E-state index in [0.717, 1.165) is 0 Å². The van der Waals surface area contributed by atoms with E-state index in [4.69, 9.17) is 0 Å². The number of piperazine rings is 1. The van der Waals surface area contributed by atoms with Crippen molar-refractivity contribution in [3.05, 3.63) is 29.3 Å². The van der Waals surface area contributed by atoms with Crippen molar-refractivity contribution in [3.63, 3.8) is 0 Å². The zero-order chi connectivity index (χ0) is 17.2. The molecule has 8 heteroatoms. The highest BCUT2D eigenvalue weighted by atomic mass is 32.2. The van der Waals surface area contributed by atoms with E-state index in [1.165, 1.54) is 36.5 Å². The van der Waals surface area contributed by atoms with E-state index in [1.807, 2.05) is 0 Å². The first-order valence-corrected chi connectivity index (χ1v) is 8.66. The summed E-state index contributed by atoms with van der Waals surface area (Å²) in [5, 5.41) is 0. The van der Waals surface area contributed by atoms with Gasteiger partial charge in [-0.05, 0) is 30.7 Å². The van der Waals surface area contributed by atoms with Crippen LogP contribution in [0.3, 0.4) is 0 Å². The monoisotopic (exact) mass is 340 g/mol. The standard InChI is InChI=1S/C15H20N2O5S/c1-11-10-13(15(19)22-3)4-5-14(11)23(20,21)17-8-6-16(7-9-17)12(2)18/h4-5,10H,6-9H2,1-3H3. The first-order valence-electron chi connectivity index (χ1n) is 7.22. The molecule has 126 valence electrons. The van der Waals surface area contributed by atoms with Crippen LogP contribution in [-0.2, 0) is 19.6 Å². The van der Waals surface area contributed by atoms with E-state index in [0.29, 0.717) is 24.2 Å². The predicted molar refractivity (Wildman–Crippen MR) is 83.5 cm³/mol. The first-order chi connectivity index (χ1) is 10.8. The van der Waals surface area contributed by atoms with Crippen molar-refractivity contribution in [2.24, 2.45) is 0 Å². The van der Waals surface area contributed by atoms with Gasteiger partial charge in [-0.2, -0.15) is 4.31 Å². The average Bonchev–Trinajstić information content (AvgIpc) is 2.53. The summed E-state index contributed by atoms with van der Waals surface area (Å²) in [5.41, 5.74) is 0.798. The van der Waals surface area contributed by atoms with Crippen LogP contribution in [0.5, 0.6) is 0 Å². The van der Waals surface area contributed by atoms with Gasteiger partial charge in [0.2, 0.25) is 15.9 Å². The number of carbonyl (C=O) groups excluding carboxylic acids is 2. The highest BCUT2D eigenvalue weighted by molar-refractivity contribution is 7.89. The highest BCUT2D eigenvalue weighted by Gasteiger charge is 2.30. The van der Waals surface area contributed by atoms with Gasteiger partial charge in [0.1, 0.15) is 0 Å². The maximum absolute atomic E-state index is 12.7. The Kier molecular flexibility index (Phi) is 5.06. The van der Waals surface area contributed by atoms with Crippen LogP contribution < -0.4 is 0 Å². The number of rotatable bonds is 3. The maximum atomic E-state index is 12.7. The summed E-state index contributed by atoms with van der Waals surface area (Å²) in [4.78, 5) is 24.6. The molecule has 1 aromatic carbocycles. The Bertz CT molecular complexity index is 721.